The Morgan fingerprint density at radius 3 is 2.50 bits per heavy atom. The molecule has 60 valence electrons. The zero-order chi connectivity index (χ0) is 8.15. The Balaban J connectivity index is 3.49. The first-order valence-electron chi connectivity index (χ1n) is 2.75. The molecule has 0 saturated heterocycles. The second-order valence-electron chi connectivity index (χ2n) is 1.92. The van der Waals surface area contributed by atoms with E-state index >= 15 is 0 Å². The minimum absolute atomic E-state index is 0.0540. The average Bonchev–Trinajstić information content (AvgIpc) is 1.82. The van der Waals surface area contributed by atoms with Gasteiger partial charge in [0.1, 0.15) is 0 Å². The summed E-state index contributed by atoms with van der Waals surface area (Å²) in [5.74, 6) is -1.03. The average molecular weight is 166 g/mol. The van der Waals surface area contributed by atoms with Gasteiger partial charge in [-0.05, 0) is 6.42 Å². The second-order valence-corrected chi connectivity index (χ2v) is 3.47. The van der Waals surface area contributed by atoms with E-state index in [1.54, 1.807) is 0 Å². The van der Waals surface area contributed by atoms with E-state index in [0.717, 1.165) is 0 Å². The van der Waals surface area contributed by atoms with Crippen LogP contribution >= 0.6 is 0 Å². The van der Waals surface area contributed by atoms with Crippen molar-refractivity contribution in [3.8, 4) is 0 Å². The highest BCUT2D eigenvalue weighted by molar-refractivity contribution is 7.84. The number of carboxylic acid groups (broad SMARTS) is 1. The van der Waals surface area contributed by atoms with Crippen LogP contribution in [0.15, 0.2) is 0 Å². The number of carboxylic acids is 1. The first kappa shape index (κ1) is 9.58. The maximum Gasteiger partial charge on any atom is 0.332 e. The lowest BCUT2D eigenvalue weighted by Gasteiger charge is -2.01. The number of hydrogen-bond donors (Lipinski definition) is 2. The van der Waals surface area contributed by atoms with E-state index in [4.69, 9.17) is 10.2 Å². The molecule has 4 nitrogen and oxygen atoms in total. The van der Waals surface area contributed by atoms with Gasteiger partial charge in [-0.25, -0.2) is 4.79 Å². The van der Waals surface area contributed by atoms with Crippen LogP contribution in [0, 0.1) is 0 Å². The van der Waals surface area contributed by atoms with E-state index in [0.29, 0.717) is 0 Å². The fraction of sp³-hybridized carbons (Fsp3) is 0.800. The first-order valence-corrected chi connectivity index (χ1v) is 4.47. The molecule has 0 rings (SSSR count). The van der Waals surface area contributed by atoms with Crippen molar-refractivity contribution in [2.24, 2.45) is 0 Å². The maximum absolute atomic E-state index is 10.4. The summed E-state index contributed by atoms with van der Waals surface area (Å²) in [5, 5.41) is 16.8. The number of rotatable bonds is 4. The van der Waals surface area contributed by atoms with Gasteiger partial charge in [0.05, 0.1) is 0 Å². The summed E-state index contributed by atoms with van der Waals surface area (Å²) in [6.07, 6.45) is 0.149. The molecule has 0 fully saturated rings. The van der Waals surface area contributed by atoms with Gasteiger partial charge in [0.2, 0.25) is 0 Å². The lowest BCUT2D eigenvalue weighted by Crippen LogP contribution is -2.21. The normalized spacial score (nSPS) is 16.2. The Labute approximate surface area is 61.3 Å². The van der Waals surface area contributed by atoms with Crippen LogP contribution < -0.4 is 0 Å². The molecular weight excluding hydrogens is 156 g/mol. The molecule has 2 atom stereocenters. The Kier molecular flexibility index (Phi) is 4.22. The summed E-state index contributed by atoms with van der Waals surface area (Å²) < 4.78 is 10.4. The summed E-state index contributed by atoms with van der Waals surface area (Å²) >= 11 is 0. The molecule has 0 amide bonds. The van der Waals surface area contributed by atoms with Gasteiger partial charge in [0, 0.05) is 22.8 Å². The fourth-order valence-electron chi connectivity index (χ4n) is 0.401. The molecule has 0 bridgehead atoms. The number of aliphatic hydroxyl groups excluding tert-OH is 1. The second kappa shape index (κ2) is 4.40. The molecule has 10 heavy (non-hydrogen) atoms. The number of aliphatic carboxylic acids is 1. The monoisotopic (exact) mass is 166 g/mol. The zero-order valence-corrected chi connectivity index (χ0v) is 6.43. The summed E-state index contributed by atoms with van der Waals surface area (Å²) in [5.41, 5.74) is 0. The third-order valence-corrected chi connectivity index (χ3v) is 1.77. The van der Waals surface area contributed by atoms with Crippen LogP contribution in [0.3, 0.4) is 0 Å². The Hall–Kier alpha value is -0.420. The molecule has 0 aromatic rings. The van der Waals surface area contributed by atoms with Gasteiger partial charge in [-0.3, -0.25) is 4.21 Å². The summed E-state index contributed by atoms with van der Waals surface area (Å²) in [7, 11) is -1.03. The number of hydrogen-bond acceptors (Lipinski definition) is 3. The van der Waals surface area contributed by atoms with E-state index in [-0.39, 0.29) is 12.2 Å². The molecule has 0 heterocycles. The molecule has 5 heteroatoms. The van der Waals surface area contributed by atoms with Crippen molar-refractivity contribution in [2.75, 3.05) is 12.0 Å². The predicted octanol–water partition coefficient (Wildman–Crippen LogP) is -0.800. The highest BCUT2D eigenvalue weighted by Gasteiger charge is 2.12. The molecule has 0 saturated carbocycles. The van der Waals surface area contributed by atoms with Crippen molar-refractivity contribution in [3.05, 3.63) is 0 Å². The molecule has 2 N–H and O–H groups in total. The lowest BCUT2D eigenvalue weighted by atomic mass is 10.3. The van der Waals surface area contributed by atoms with Gasteiger partial charge < -0.3 is 10.2 Å². The van der Waals surface area contributed by atoms with Gasteiger partial charge >= 0.3 is 5.97 Å². The van der Waals surface area contributed by atoms with E-state index in [1.807, 2.05) is 0 Å². The Morgan fingerprint density at radius 2 is 2.20 bits per heavy atom. The van der Waals surface area contributed by atoms with Crippen molar-refractivity contribution in [1.29, 1.82) is 0 Å². The molecule has 0 radical (unpaired) electrons. The van der Waals surface area contributed by atoms with Crippen molar-refractivity contribution >= 4 is 16.8 Å². The molecular formula is C5H10O4S. The summed E-state index contributed by atoms with van der Waals surface area (Å²) in [6, 6.07) is 0. The Bertz CT molecular complexity index is 145. The van der Waals surface area contributed by atoms with Crippen LogP contribution in [0.1, 0.15) is 6.42 Å². The maximum atomic E-state index is 10.4. The molecule has 1 unspecified atom stereocenters. The largest absolute Gasteiger partial charge is 0.479 e. The lowest BCUT2D eigenvalue weighted by molar-refractivity contribution is -0.146. The van der Waals surface area contributed by atoms with Crippen molar-refractivity contribution in [1.82, 2.24) is 0 Å². The molecule has 0 aromatic carbocycles. The van der Waals surface area contributed by atoms with Crippen LogP contribution in [0.4, 0.5) is 0 Å². The standard InChI is InChI=1S/C5H10O4S/c1-10(9)3-2-4(6)5(7)8/h4,6H,2-3H2,1H3,(H,7,8)/t4-,10?/m0/s1. The molecule has 0 spiro atoms. The van der Waals surface area contributed by atoms with Crippen molar-refractivity contribution in [3.63, 3.8) is 0 Å². The Morgan fingerprint density at radius 1 is 1.70 bits per heavy atom. The quantitative estimate of drug-likeness (QED) is 0.573. The minimum Gasteiger partial charge on any atom is -0.479 e. The highest BCUT2D eigenvalue weighted by atomic mass is 32.2. The molecule has 0 aromatic heterocycles. The van der Waals surface area contributed by atoms with Crippen molar-refractivity contribution < 1.29 is 19.2 Å². The smallest absolute Gasteiger partial charge is 0.332 e. The van der Waals surface area contributed by atoms with Crippen LogP contribution in [-0.4, -0.2) is 38.5 Å². The van der Waals surface area contributed by atoms with Gasteiger partial charge in [0.15, 0.2) is 6.10 Å². The van der Waals surface area contributed by atoms with Gasteiger partial charge in [-0.15, -0.1) is 0 Å². The van der Waals surface area contributed by atoms with Crippen LogP contribution in [0.25, 0.3) is 0 Å². The van der Waals surface area contributed by atoms with Gasteiger partial charge in [-0.2, -0.15) is 0 Å². The molecule has 0 aliphatic carbocycles. The van der Waals surface area contributed by atoms with Crippen LogP contribution in [-0.2, 0) is 15.6 Å². The number of carbonyl (C=O) groups is 1. The highest BCUT2D eigenvalue weighted by Crippen LogP contribution is 1.92. The third-order valence-electron chi connectivity index (χ3n) is 0.964. The van der Waals surface area contributed by atoms with Crippen LogP contribution in [0.2, 0.25) is 0 Å². The minimum atomic E-state index is -1.37. The van der Waals surface area contributed by atoms with E-state index in [2.05, 4.69) is 0 Å². The fourth-order valence-corrected chi connectivity index (χ4v) is 0.956. The van der Waals surface area contributed by atoms with E-state index in [1.165, 1.54) is 6.26 Å². The third kappa shape index (κ3) is 4.46. The first-order chi connectivity index (χ1) is 4.54. The topological polar surface area (TPSA) is 74.6 Å². The van der Waals surface area contributed by atoms with Crippen LogP contribution in [0.5, 0.6) is 0 Å². The molecule has 0 aliphatic heterocycles. The van der Waals surface area contributed by atoms with E-state index in [9.17, 15) is 9.00 Å². The SMILES string of the molecule is CS(=O)CC[C@H](O)C(=O)O. The van der Waals surface area contributed by atoms with Gasteiger partial charge in [-0.1, -0.05) is 0 Å². The van der Waals surface area contributed by atoms with Crippen molar-refractivity contribution in [2.45, 2.75) is 12.5 Å². The predicted molar refractivity (Wildman–Crippen MR) is 37.2 cm³/mol. The zero-order valence-electron chi connectivity index (χ0n) is 5.61. The number of aliphatic hydroxyl groups is 1. The van der Waals surface area contributed by atoms with Gasteiger partial charge in [0.25, 0.3) is 0 Å². The molecule has 0 aliphatic rings. The van der Waals surface area contributed by atoms with E-state index < -0.39 is 22.9 Å². The summed E-state index contributed by atoms with van der Waals surface area (Å²) in [6.45, 7) is 0. The summed E-state index contributed by atoms with van der Waals surface area (Å²) in [4.78, 5) is 9.96.